The van der Waals surface area contributed by atoms with Crippen LogP contribution in [-0.4, -0.2) is 10.9 Å². The van der Waals surface area contributed by atoms with Crippen molar-refractivity contribution in [3.8, 4) is 6.07 Å². The van der Waals surface area contributed by atoms with Gasteiger partial charge in [-0.1, -0.05) is 13.0 Å². The molecule has 1 amide bonds. The molecule has 0 aliphatic heterocycles. The van der Waals surface area contributed by atoms with Crippen LogP contribution in [0.1, 0.15) is 53.1 Å². The zero-order valence-corrected chi connectivity index (χ0v) is 14.9. The molecule has 24 heavy (non-hydrogen) atoms. The van der Waals surface area contributed by atoms with E-state index in [1.807, 2.05) is 30.5 Å². The summed E-state index contributed by atoms with van der Waals surface area (Å²) in [6.45, 7) is 5.60. The molecule has 0 bridgehead atoms. The molecule has 0 saturated heterocycles. The second-order valence-electron chi connectivity index (χ2n) is 5.71. The van der Waals surface area contributed by atoms with E-state index in [2.05, 4.69) is 10.3 Å². The molecular formula is C18H21N3O2S. The number of carbonyl (C=O) groups is 1. The van der Waals surface area contributed by atoms with Gasteiger partial charge in [0.2, 0.25) is 5.91 Å². The summed E-state index contributed by atoms with van der Waals surface area (Å²) in [7, 11) is 0. The average molecular weight is 343 g/mol. The second-order valence-corrected chi connectivity index (χ2v) is 6.69. The van der Waals surface area contributed by atoms with E-state index in [4.69, 9.17) is 5.26 Å². The lowest BCUT2D eigenvalue weighted by atomic mass is 9.99. The first-order chi connectivity index (χ1) is 11.5. The molecule has 0 spiro atoms. The Morgan fingerprint density at radius 3 is 2.79 bits per heavy atom. The zero-order chi connectivity index (χ0) is 17.7. The van der Waals surface area contributed by atoms with Gasteiger partial charge in [-0.2, -0.15) is 5.26 Å². The average Bonchev–Trinajstić information content (AvgIpc) is 3.06. The van der Waals surface area contributed by atoms with Gasteiger partial charge in [-0.3, -0.25) is 9.59 Å². The predicted molar refractivity (Wildman–Crippen MR) is 95.1 cm³/mol. The Balaban J connectivity index is 2.07. The van der Waals surface area contributed by atoms with Crippen LogP contribution in [0.15, 0.2) is 22.3 Å². The van der Waals surface area contributed by atoms with Crippen molar-refractivity contribution < 1.29 is 4.79 Å². The maximum absolute atomic E-state index is 12.3. The number of aromatic amines is 1. The molecule has 0 fully saturated rings. The number of carbonyl (C=O) groups excluding carboxylic acids is 1. The Morgan fingerprint density at radius 1 is 1.46 bits per heavy atom. The van der Waals surface area contributed by atoms with Gasteiger partial charge in [0.05, 0.1) is 6.04 Å². The van der Waals surface area contributed by atoms with Crippen LogP contribution in [0.4, 0.5) is 0 Å². The highest BCUT2D eigenvalue weighted by atomic mass is 32.1. The summed E-state index contributed by atoms with van der Waals surface area (Å²) in [4.78, 5) is 27.9. The quantitative estimate of drug-likeness (QED) is 0.845. The molecule has 0 aromatic carbocycles. The fourth-order valence-corrected chi connectivity index (χ4v) is 3.65. The molecule has 1 atom stereocenters. The normalized spacial score (nSPS) is 11.8. The first-order valence-electron chi connectivity index (χ1n) is 7.93. The summed E-state index contributed by atoms with van der Waals surface area (Å²) < 4.78 is 0. The highest BCUT2D eigenvalue weighted by Crippen LogP contribution is 2.22. The van der Waals surface area contributed by atoms with Gasteiger partial charge < -0.3 is 10.3 Å². The van der Waals surface area contributed by atoms with E-state index in [0.29, 0.717) is 18.4 Å². The largest absolute Gasteiger partial charge is 0.348 e. The van der Waals surface area contributed by atoms with Crippen molar-refractivity contribution in [3.63, 3.8) is 0 Å². The van der Waals surface area contributed by atoms with E-state index < -0.39 is 0 Å². The topological polar surface area (TPSA) is 85.8 Å². The lowest BCUT2D eigenvalue weighted by molar-refractivity contribution is -0.121. The molecule has 0 aliphatic rings. The summed E-state index contributed by atoms with van der Waals surface area (Å²) in [6.07, 6.45) is 1.65. The lowest BCUT2D eigenvalue weighted by Gasteiger charge is -2.16. The van der Waals surface area contributed by atoms with Gasteiger partial charge in [0.25, 0.3) is 5.56 Å². The van der Waals surface area contributed by atoms with E-state index in [0.717, 1.165) is 22.6 Å². The maximum atomic E-state index is 12.3. The smallest absolute Gasteiger partial charge is 0.266 e. The highest BCUT2D eigenvalue weighted by molar-refractivity contribution is 7.10. The predicted octanol–water partition coefficient (Wildman–Crippen LogP) is 3.13. The molecule has 0 radical (unpaired) electrons. The van der Waals surface area contributed by atoms with E-state index in [-0.39, 0.29) is 23.1 Å². The third-order valence-electron chi connectivity index (χ3n) is 4.15. The number of aromatic nitrogens is 1. The van der Waals surface area contributed by atoms with Crippen LogP contribution in [0, 0.1) is 25.2 Å². The number of thiophene rings is 1. The third kappa shape index (κ3) is 3.92. The Kier molecular flexibility index (Phi) is 5.93. The molecule has 2 aromatic heterocycles. The van der Waals surface area contributed by atoms with Crippen LogP contribution >= 0.6 is 11.3 Å². The minimum absolute atomic E-state index is 0.0289. The molecule has 0 unspecified atom stereocenters. The van der Waals surface area contributed by atoms with E-state index in [9.17, 15) is 9.59 Å². The van der Waals surface area contributed by atoms with Gasteiger partial charge in [-0.25, -0.2) is 0 Å². The molecule has 0 aliphatic carbocycles. The van der Waals surface area contributed by atoms with Crippen molar-refractivity contribution in [2.75, 3.05) is 0 Å². The van der Waals surface area contributed by atoms with Crippen LogP contribution < -0.4 is 10.9 Å². The number of aryl methyl sites for hydroxylation is 1. The molecule has 2 N–H and O–H groups in total. The summed E-state index contributed by atoms with van der Waals surface area (Å²) in [6, 6.07) is 5.97. The van der Waals surface area contributed by atoms with Crippen molar-refractivity contribution in [2.45, 2.75) is 46.1 Å². The number of pyridine rings is 1. The Hall–Kier alpha value is -2.39. The molecular weight excluding hydrogens is 322 g/mol. The number of hydrogen-bond donors (Lipinski definition) is 2. The number of H-pyrrole nitrogens is 1. The van der Waals surface area contributed by atoms with Gasteiger partial charge in [-0.15, -0.1) is 11.3 Å². The zero-order valence-electron chi connectivity index (χ0n) is 14.1. The van der Waals surface area contributed by atoms with Crippen molar-refractivity contribution in [1.82, 2.24) is 10.3 Å². The van der Waals surface area contributed by atoms with E-state index >= 15 is 0 Å². The number of hydrogen-bond acceptors (Lipinski definition) is 4. The van der Waals surface area contributed by atoms with Crippen LogP contribution in [0.3, 0.4) is 0 Å². The van der Waals surface area contributed by atoms with E-state index in [1.165, 1.54) is 0 Å². The maximum Gasteiger partial charge on any atom is 0.266 e. The molecule has 126 valence electrons. The molecule has 0 saturated carbocycles. The minimum Gasteiger partial charge on any atom is -0.348 e. The van der Waals surface area contributed by atoms with Crippen LogP contribution in [-0.2, 0) is 11.2 Å². The molecule has 2 rings (SSSR count). The number of nitrogens with zero attached hydrogens (tertiary/aromatic N) is 1. The highest BCUT2D eigenvalue weighted by Gasteiger charge is 2.16. The molecule has 2 aromatic rings. The lowest BCUT2D eigenvalue weighted by Crippen LogP contribution is -2.28. The first-order valence-corrected chi connectivity index (χ1v) is 8.81. The Morgan fingerprint density at radius 2 is 2.21 bits per heavy atom. The SMILES string of the molecule is CC[C@H](NC(=O)CCc1c(C)[nH]c(=O)c(C#N)c1C)c1cccs1. The van der Waals surface area contributed by atoms with Gasteiger partial charge >= 0.3 is 0 Å². The molecule has 2 heterocycles. The van der Waals surface area contributed by atoms with Crippen molar-refractivity contribution in [3.05, 3.63) is 55.1 Å². The van der Waals surface area contributed by atoms with Crippen LogP contribution in [0.5, 0.6) is 0 Å². The monoisotopic (exact) mass is 343 g/mol. The minimum atomic E-state index is -0.371. The summed E-state index contributed by atoms with van der Waals surface area (Å²) >= 11 is 1.63. The van der Waals surface area contributed by atoms with Crippen molar-refractivity contribution in [2.24, 2.45) is 0 Å². The first kappa shape index (κ1) is 18.0. The number of nitrogens with one attached hydrogen (secondary N) is 2. The number of nitriles is 1. The second kappa shape index (κ2) is 7.93. The summed E-state index contributed by atoms with van der Waals surface area (Å²) in [5.74, 6) is -0.0289. The van der Waals surface area contributed by atoms with Crippen LogP contribution in [0.2, 0.25) is 0 Å². The molecule has 5 nitrogen and oxygen atoms in total. The van der Waals surface area contributed by atoms with Crippen molar-refractivity contribution in [1.29, 1.82) is 5.26 Å². The van der Waals surface area contributed by atoms with E-state index in [1.54, 1.807) is 25.2 Å². The Labute approximate surface area is 145 Å². The molecule has 6 heteroatoms. The summed E-state index contributed by atoms with van der Waals surface area (Å²) in [5, 5.41) is 14.2. The number of amides is 1. The van der Waals surface area contributed by atoms with Gasteiger partial charge in [0, 0.05) is 17.0 Å². The number of rotatable bonds is 6. The Bertz CT molecular complexity index is 816. The third-order valence-corrected chi connectivity index (χ3v) is 5.14. The van der Waals surface area contributed by atoms with Gasteiger partial charge in [0.1, 0.15) is 11.6 Å². The van der Waals surface area contributed by atoms with Crippen LogP contribution in [0.25, 0.3) is 0 Å². The fourth-order valence-electron chi connectivity index (χ4n) is 2.79. The van der Waals surface area contributed by atoms with Gasteiger partial charge in [-0.05, 0) is 49.3 Å². The summed E-state index contributed by atoms with van der Waals surface area (Å²) in [5.41, 5.74) is 2.00. The van der Waals surface area contributed by atoms with Gasteiger partial charge in [0.15, 0.2) is 0 Å². The standard InChI is InChI=1S/C18H21N3O2S/c1-4-15(16-6-5-9-24-16)21-17(22)8-7-13-11(2)14(10-19)18(23)20-12(13)3/h5-6,9,15H,4,7-8H2,1-3H3,(H,20,23)(H,21,22)/t15-/m0/s1. The van der Waals surface area contributed by atoms with Crippen molar-refractivity contribution >= 4 is 17.2 Å². The fraction of sp³-hybridized carbons (Fsp3) is 0.389.